The first kappa shape index (κ1) is 15.8. The Bertz CT molecular complexity index is 633. The third-order valence-corrected chi connectivity index (χ3v) is 5.45. The molecule has 1 heterocycles. The van der Waals surface area contributed by atoms with Gasteiger partial charge in [0.05, 0.1) is 6.04 Å². The lowest BCUT2D eigenvalue weighted by Crippen LogP contribution is -2.44. The van der Waals surface area contributed by atoms with E-state index in [0.717, 1.165) is 32.4 Å². The monoisotopic (exact) mass is 315 g/mol. The van der Waals surface area contributed by atoms with Gasteiger partial charge < -0.3 is 15.5 Å². The first-order valence-electron chi connectivity index (χ1n) is 8.30. The molecule has 5 nitrogen and oxygen atoms in total. The van der Waals surface area contributed by atoms with Crippen molar-refractivity contribution in [2.45, 2.75) is 44.6 Å². The second-order valence-electron chi connectivity index (χ2n) is 6.86. The second-order valence-corrected chi connectivity index (χ2v) is 6.86. The van der Waals surface area contributed by atoms with Gasteiger partial charge in [-0.05, 0) is 37.3 Å². The summed E-state index contributed by atoms with van der Waals surface area (Å²) in [6.07, 6.45) is 2.86. The Balaban J connectivity index is 1.89. The van der Waals surface area contributed by atoms with Gasteiger partial charge in [0.25, 0.3) is 0 Å². The van der Waals surface area contributed by atoms with Crippen LogP contribution in [-0.2, 0) is 10.2 Å². The van der Waals surface area contributed by atoms with Crippen LogP contribution in [0.2, 0.25) is 0 Å². The molecule has 2 aliphatic rings. The number of carbonyl (C=O) groups excluding carboxylic acids is 2. The fourth-order valence-electron chi connectivity index (χ4n) is 4.15. The fraction of sp³-hybridized carbons (Fsp3) is 0.556. The normalized spacial score (nSPS) is 21.9. The fourth-order valence-corrected chi connectivity index (χ4v) is 4.15. The van der Waals surface area contributed by atoms with Crippen LogP contribution in [0.15, 0.2) is 18.2 Å². The number of urea groups is 1. The zero-order chi connectivity index (χ0) is 16.6. The molecule has 0 radical (unpaired) electrons. The predicted molar refractivity (Wildman–Crippen MR) is 89.3 cm³/mol. The van der Waals surface area contributed by atoms with Crippen molar-refractivity contribution in [3.05, 3.63) is 34.9 Å². The van der Waals surface area contributed by atoms with Crippen LogP contribution in [0.1, 0.15) is 48.9 Å². The van der Waals surface area contributed by atoms with Crippen molar-refractivity contribution >= 4 is 11.9 Å². The van der Waals surface area contributed by atoms with Crippen molar-refractivity contribution in [2.75, 3.05) is 20.1 Å². The van der Waals surface area contributed by atoms with Gasteiger partial charge in [-0.1, -0.05) is 23.8 Å². The van der Waals surface area contributed by atoms with Crippen molar-refractivity contribution in [2.24, 2.45) is 0 Å². The first-order chi connectivity index (χ1) is 10.9. The molecule has 3 rings (SSSR count). The SMILES string of the molecule is CNC(=O)NC1CC2(CCN(C(C)=O)CC2)c2ccc(C)cc21. The highest BCUT2D eigenvalue weighted by Crippen LogP contribution is 2.50. The van der Waals surface area contributed by atoms with Crippen LogP contribution in [0.25, 0.3) is 0 Å². The number of likely N-dealkylation sites (tertiary alicyclic amines) is 1. The lowest BCUT2D eigenvalue weighted by molar-refractivity contribution is -0.130. The van der Waals surface area contributed by atoms with Gasteiger partial charge in [0.2, 0.25) is 5.91 Å². The van der Waals surface area contributed by atoms with E-state index in [2.05, 4.69) is 35.8 Å². The molecule has 3 amide bonds. The highest BCUT2D eigenvalue weighted by molar-refractivity contribution is 5.75. The molecular weight excluding hydrogens is 290 g/mol. The van der Waals surface area contributed by atoms with Crippen molar-refractivity contribution < 1.29 is 9.59 Å². The summed E-state index contributed by atoms with van der Waals surface area (Å²) in [5.41, 5.74) is 3.89. The van der Waals surface area contributed by atoms with Crippen LogP contribution in [-0.4, -0.2) is 37.0 Å². The van der Waals surface area contributed by atoms with Crippen LogP contribution in [0.4, 0.5) is 4.79 Å². The van der Waals surface area contributed by atoms with Gasteiger partial charge in [0.15, 0.2) is 0 Å². The number of aryl methyl sites for hydroxylation is 1. The molecule has 1 fully saturated rings. The van der Waals surface area contributed by atoms with E-state index in [0.29, 0.717) is 0 Å². The summed E-state index contributed by atoms with van der Waals surface area (Å²) in [7, 11) is 1.64. The quantitative estimate of drug-likeness (QED) is 0.835. The molecule has 0 bridgehead atoms. The number of hydrogen-bond donors (Lipinski definition) is 2. The number of benzene rings is 1. The molecule has 1 aliphatic carbocycles. The Morgan fingerprint density at radius 2 is 1.96 bits per heavy atom. The molecule has 124 valence electrons. The van der Waals surface area contributed by atoms with Crippen molar-refractivity contribution in [3.63, 3.8) is 0 Å². The summed E-state index contributed by atoms with van der Waals surface area (Å²) in [5, 5.41) is 5.73. The predicted octanol–water partition coefficient (Wildman–Crippen LogP) is 2.25. The lowest BCUT2D eigenvalue weighted by Gasteiger charge is -2.40. The van der Waals surface area contributed by atoms with Gasteiger partial charge in [-0.25, -0.2) is 4.79 Å². The van der Waals surface area contributed by atoms with E-state index >= 15 is 0 Å². The standard InChI is InChI=1S/C18H25N3O2/c1-12-4-5-15-14(10-12)16(20-17(23)19-3)11-18(15)6-8-21(9-7-18)13(2)22/h4-5,10,16H,6-9,11H2,1-3H3,(H2,19,20,23). The Kier molecular flexibility index (Phi) is 4.04. The largest absolute Gasteiger partial charge is 0.343 e. The van der Waals surface area contributed by atoms with E-state index in [9.17, 15) is 9.59 Å². The first-order valence-corrected chi connectivity index (χ1v) is 8.30. The molecule has 1 spiro atoms. The van der Waals surface area contributed by atoms with Gasteiger partial charge in [-0.3, -0.25) is 4.79 Å². The highest BCUT2D eigenvalue weighted by Gasteiger charge is 2.46. The molecule has 5 heteroatoms. The molecule has 23 heavy (non-hydrogen) atoms. The number of fused-ring (bicyclic) bond motifs is 2. The van der Waals surface area contributed by atoms with E-state index in [1.807, 2.05) is 4.90 Å². The van der Waals surface area contributed by atoms with Crippen LogP contribution in [0.3, 0.4) is 0 Å². The molecule has 1 unspecified atom stereocenters. The number of hydrogen-bond acceptors (Lipinski definition) is 2. The van der Waals surface area contributed by atoms with Gasteiger partial charge in [-0.2, -0.15) is 0 Å². The molecule has 0 aromatic heterocycles. The van der Waals surface area contributed by atoms with Gasteiger partial charge in [-0.15, -0.1) is 0 Å². The molecule has 1 aliphatic heterocycles. The van der Waals surface area contributed by atoms with E-state index in [1.165, 1.54) is 16.7 Å². The zero-order valence-electron chi connectivity index (χ0n) is 14.1. The molecule has 1 atom stereocenters. The molecule has 0 saturated carbocycles. The van der Waals surface area contributed by atoms with E-state index in [1.54, 1.807) is 14.0 Å². The Hall–Kier alpha value is -2.04. The van der Waals surface area contributed by atoms with E-state index < -0.39 is 0 Å². The van der Waals surface area contributed by atoms with Crippen molar-refractivity contribution in [3.8, 4) is 0 Å². The molecule has 2 N–H and O–H groups in total. The third kappa shape index (κ3) is 2.80. The van der Waals surface area contributed by atoms with E-state index in [-0.39, 0.29) is 23.4 Å². The summed E-state index contributed by atoms with van der Waals surface area (Å²) in [6.45, 7) is 5.32. The minimum atomic E-state index is -0.138. The van der Waals surface area contributed by atoms with Crippen LogP contribution < -0.4 is 10.6 Å². The maximum absolute atomic E-state index is 11.8. The number of amides is 3. The minimum Gasteiger partial charge on any atom is -0.343 e. The maximum Gasteiger partial charge on any atom is 0.315 e. The summed E-state index contributed by atoms with van der Waals surface area (Å²) in [5.74, 6) is 0.155. The summed E-state index contributed by atoms with van der Waals surface area (Å²) >= 11 is 0. The highest BCUT2D eigenvalue weighted by atomic mass is 16.2. The second kappa shape index (κ2) is 5.87. The third-order valence-electron chi connectivity index (χ3n) is 5.45. The van der Waals surface area contributed by atoms with Crippen molar-refractivity contribution in [1.82, 2.24) is 15.5 Å². The summed E-state index contributed by atoms with van der Waals surface area (Å²) in [4.78, 5) is 25.3. The van der Waals surface area contributed by atoms with Crippen LogP contribution in [0, 0.1) is 6.92 Å². The molecule has 1 saturated heterocycles. The number of nitrogens with one attached hydrogen (secondary N) is 2. The van der Waals surface area contributed by atoms with E-state index in [4.69, 9.17) is 0 Å². The lowest BCUT2D eigenvalue weighted by atomic mass is 9.73. The van der Waals surface area contributed by atoms with Crippen LogP contribution >= 0.6 is 0 Å². The van der Waals surface area contributed by atoms with Crippen LogP contribution in [0.5, 0.6) is 0 Å². The Labute approximate surface area is 137 Å². The Morgan fingerprint density at radius 3 is 2.57 bits per heavy atom. The zero-order valence-corrected chi connectivity index (χ0v) is 14.1. The Morgan fingerprint density at radius 1 is 1.26 bits per heavy atom. The average molecular weight is 315 g/mol. The number of rotatable bonds is 1. The molecular formula is C18H25N3O2. The summed E-state index contributed by atoms with van der Waals surface area (Å²) in [6, 6.07) is 6.48. The smallest absolute Gasteiger partial charge is 0.315 e. The van der Waals surface area contributed by atoms with Gasteiger partial charge in [0, 0.05) is 32.5 Å². The molecule has 1 aromatic carbocycles. The van der Waals surface area contributed by atoms with Crippen molar-refractivity contribution in [1.29, 1.82) is 0 Å². The average Bonchev–Trinajstić information content (AvgIpc) is 2.80. The summed E-state index contributed by atoms with van der Waals surface area (Å²) < 4.78 is 0. The number of piperidine rings is 1. The minimum absolute atomic E-state index is 0.0497. The topological polar surface area (TPSA) is 61.4 Å². The number of nitrogens with zero attached hydrogens (tertiary/aromatic N) is 1. The maximum atomic E-state index is 11.8. The number of carbonyl (C=O) groups is 2. The van der Waals surface area contributed by atoms with Gasteiger partial charge >= 0.3 is 6.03 Å². The van der Waals surface area contributed by atoms with Gasteiger partial charge in [0.1, 0.15) is 0 Å². The molecule has 1 aromatic rings.